The molecule has 2 aromatic rings. The summed E-state index contributed by atoms with van der Waals surface area (Å²) >= 11 is 0. The minimum atomic E-state index is 0.604. The van der Waals surface area contributed by atoms with E-state index in [9.17, 15) is 0 Å². The number of fused-ring (bicyclic) bond motifs is 3. The van der Waals surface area contributed by atoms with Gasteiger partial charge in [-0.1, -0.05) is 31.7 Å². The van der Waals surface area contributed by atoms with E-state index in [2.05, 4.69) is 28.1 Å². The molecule has 0 saturated heterocycles. The number of aromatic nitrogens is 1. The molecule has 1 aromatic carbocycles. The highest BCUT2D eigenvalue weighted by molar-refractivity contribution is 5.87. The van der Waals surface area contributed by atoms with Gasteiger partial charge in [-0.2, -0.15) is 0 Å². The summed E-state index contributed by atoms with van der Waals surface area (Å²) in [5, 5.41) is 5.36. The zero-order valence-corrected chi connectivity index (χ0v) is 14.1. The third kappa shape index (κ3) is 2.26. The topological polar surface area (TPSA) is 17.0 Å². The summed E-state index contributed by atoms with van der Waals surface area (Å²) in [6, 6.07) is 8.06. The normalized spacial score (nSPS) is 25.3. The Morgan fingerprint density at radius 1 is 0.957 bits per heavy atom. The van der Waals surface area contributed by atoms with Crippen LogP contribution in [-0.2, 0) is 13.0 Å². The molecule has 2 heteroatoms. The fraction of sp³-hybridized carbons (Fsp3) is 0.619. The van der Waals surface area contributed by atoms with Crippen molar-refractivity contribution in [3.05, 3.63) is 35.0 Å². The zero-order chi connectivity index (χ0) is 15.2. The van der Waals surface area contributed by atoms with Gasteiger partial charge in [0.25, 0.3) is 0 Å². The predicted molar refractivity (Wildman–Crippen MR) is 96.1 cm³/mol. The Bertz CT molecular complexity index is 721. The summed E-state index contributed by atoms with van der Waals surface area (Å²) in [6.45, 7) is 2.27. The van der Waals surface area contributed by atoms with E-state index in [0.717, 1.165) is 19.0 Å². The van der Waals surface area contributed by atoms with E-state index in [-0.39, 0.29) is 0 Å². The van der Waals surface area contributed by atoms with Gasteiger partial charge in [0.15, 0.2) is 0 Å². The molecule has 122 valence electrons. The second-order valence-electron chi connectivity index (χ2n) is 7.88. The first kappa shape index (κ1) is 14.1. The molecule has 23 heavy (non-hydrogen) atoms. The predicted octanol–water partition coefficient (Wildman–Crippen LogP) is 5.06. The lowest BCUT2D eigenvalue weighted by Crippen LogP contribution is -2.33. The fourth-order valence-electron chi connectivity index (χ4n) is 5.39. The van der Waals surface area contributed by atoms with Gasteiger partial charge >= 0.3 is 0 Å². The Labute approximate surface area is 139 Å². The SMILES string of the molecule is c1cc2c(cc1C1CCCCC1)c1c3n2CCN[C@@H]3CCCC1. The maximum Gasteiger partial charge on any atom is 0.0486 e. The molecule has 1 saturated carbocycles. The highest BCUT2D eigenvalue weighted by Gasteiger charge is 2.29. The summed E-state index contributed by atoms with van der Waals surface area (Å²) < 4.78 is 2.64. The van der Waals surface area contributed by atoms with Crippen LogP contribution < -0.4 is 5.32 Å². The molecular formula is C21H28N2. The van der Waals surface area contributed by atoms with Gasteiger partial charge in [-0.3, -0.25) is 0 Å². The standard InChI is InChI=1S/C21H28N2/c1-2-6-15(7-3-1)16-10-11-20-18(14-16)17-8-4-5-9-19-21(17)23(20)13-12-22-19/h10-11,14-15,19,22H,1-9,12-13H2/t19-/m1/s1. The van der Waals surface area contributed by atoms with E-state index >= 15 is 0 Å². The average Bonchev–Trinajstić information content (AvgIpc) is 2.77. The van der Waals surface area contributed by atoms with Crippen molar-refractivity contribution in [1.82, 2.24) is 9.88 Å². The van der Waals surface area contributed by atoms with Crippen LogP contribution in [0.4, 0.5) is 0 Å². The molecule has 3 aliphatic rings. The summed E-state index contributed by atoms with van der Waals surface area (Å²) in [7, 11) is 0. The first-order chi connectivity index (χ1) is 11.4. The summed E-state index contributed by atoms with van der Waals surface area (Å²) in [5.41, 5.74) is 6.42. The molecule has 0 spiro atoms. The van der Waals surface area contributed by atoms with E-state index in [0.29, 0.717) is 6.04 Å². The molecule has 1 aromatic heterocycles. The number of aryl methyl sites for hydroxylation is 1. The van der Waals surface area contributed by atoms with Gasteiger partial charge in [0, 0.05) is 35.7 Å². The van der Waals surface area contributed by atoms with Gasteiger partial charge < -0.3 is 9.88 Å². The lowest BCUT2D eigenvalue weighted by Gasteiger charge is -2.26. The second kappa shape index (κ2) is 5.66. The van der Waals surface area contributed by atoms with Gasteiger partial charge in [-0.15, -0.1) is 0 Å². The minimum Gasteiger partial charge on any atom is -0.342 e. The number of nitrogens with zero attached hydrogens (tertiary/aromatic N) is 1. The minimum absolute atomic E-state index is 0.604. The number of hydrogen-bond donors (Lipinski definition) is 1. The number of benzene rings is 1. The molecular weight excluding hydrogens is 280 g/mol. The number of hydrogen-bond acceptors (Lipinski definition) is 1. The van der Waals surface area contributed by atoms with Crippen molar-refractivity contribution in [1.29, 1.82) is 0 Å². The number of rotatable bonds is 1. The van der Waals surface area contributed by atoms with Crippen molar-refractivity contribution in [2.75, 3.05) is 6.54 Å². The van der Waals surface area contributed by atoms with E-state index in [4.69, 9.17) is 0 Å². The third-order valence-electron chi connectivity index (χ3n) is 6.54. The van der Waals surface area contributed by atoms with Gasteiger partial charge in [-0.25, -0.2) is 0 Å². The quantitative estimate of drug-likeness (QED) is 0.779. The summed E-state index contributed by atoms with van der Waals surface area (Å²) in [4.78, 5) is 0. The van der Waals surface area contributed by atoms with Crippen molar-refractivity contribution >= 4 is 10.9 Å². The third-order valence-corrected chi connectivity index (χ3v) is 6.54. The van der Waals surface area contributed by atoms with E-state index in [1.54, 1.807) is 22.2 Å². The van der Waals surface area contributed by atoms with Gasteiger partial charge in [-0.05, 0) is 61.3 Å². The van der Waals surface area contributed by atoms with Crippen LogP contribution in [0.25, 0.3) is 10.9 Å². The Morgan fingerprint density at radius 3 is 2.74 bits per heavy atom. The smallest absolute Gasteiger partial charge is 0.0486 e. The molecule has 1 N–H and O–H groups in total. The van der Waals surface area contributed by atoms with Crippen LogP contribution in [0.2, 0.25) is 0 Å². The largest absolute Gasteiger partial charge is 0.342 e. The maximum absolute atomic E-state index is 3.78. The van der Waals surface area contributed by atoms with E-state index in [1.165, 1.54) is 63.3 Å². The Kier molecular flexibility index (Phi) is 3.47. The summed E-state index contributed by atoms with van der Waals surface area (Å²) in [5.74, 6) is 0.817. The number of nitrogens with one attached hydrogen (secondary N) is 1. The molecule has 0 bridgehead atoms. The van der Waals surface area contributed by atoms with Crippen LogP contribution in [0.5, 0.6) is 0 Å². The van der Waals surface area contributed by atoms with E-state index < -0.39 is 0 Å². The molecule has 2 heterocycles. The maximum atomic E-state index is 3.78. The van der Waals surface area contributed by atoms with Crippen LogP contribution in [0, 0.1) is 0 Å². The van der Waals surface area contributed by atoms with Crippen LogP contribution in [0.3, 0.4) is 0 Å². The second-order valence-corrected chi connectivity index (χ2v) is 7.88. The Hall–Kier alpha value is -1.28. The molecule has 1 fully saturated rings. The van der Waals surface area contributed by atoms with Crippen molar-refractivity contribution < 1.29 is 0 Å². The monoisotopic (exact) mass is 308 g/mol. The molecule has 0 unspecified atom stereocenters. The Morgan fingerprint density at radius 2 is 1.83 bits per heavy atom. The molecule has 5 rings (SSSR count). The first-order valence-corrected chi connectivity index (χ1v) is 9.80. The highest BCUT2D eigenvalue weighted by Crippen LogP contribution is 2.40. The first-order valence-electron chi connectivity index (χ1n) is 9.80. The van der Waals surface area contributed by atoms with Crippen LogP contribution in [0.15, 0.2) is 18.2 Å². The van der Waals surface area contributed by atoms with Gasteiger partial charge in [0.1, 0.15) is 0 Å². The Balaban J connectivity index is 1.66. The van der Waals surface area contributed by atoms with Gasteiger partial charge in [0.05, 0.1) is 0 Å². The molecule has 1 atom stereocenters. The van der Waals surface area contributed by atoms with E-state index in [1.807, 2.05) is 0 Å². The lowest BCUT2D eigenvalue weighted by atomic mass is 9.83. The van der Waals surface area contributed by atoms with Gasteiger partial charge in [0.2, 0.25) is 0 Å². The molecule has 2 aliphatic carbocycles. The van der Waals surface area contributed by atoms with Crippen LogP contribution in [0.1, 0.15) is 80.1 Å². The zero-order valence-electron chi connectivity index (χ0n) is 14.1. The fourth-order valence-corrected chi connectivity index (χ4v) is 5.39. The highest BCUT2D eigenvalue weighted by atomic mass is 15.1. The molecule has 0 radical (unpaired) electrons. The molecule has 1 aliphatic heterocycles. The van der Waals surface area contributed by atoms with Crippen molar-refractivity contribution in [2.45, 2.75) is 76.3 Å². The lowest BCUT2D eigenvalue weighted by molar-refractivity contribution is 0.409. The summed E-state index contributed by atoms with van der Waals surface area (Å²) in [6.07, 6.45) is 12.4. The van der Waals surface area contributed by atoms with Crippen LogP contribution >= 0.6 is 0 Å². The van der Waals surface area contributed by atoms with Crippen LogP contribution in [-0.4, -0.2) is 11.1 Å². The van der Waals surface area contributed by atoms with Crippen molar-refractivity contribution in [3.8, 4) is 0 Å². The average molecular weight is 308 g/mol. The van der Waals surface area contributed by atoms with Crippen molar-refractivity contribution in [3.63, 3.8) is 0 Å². The van der Waals surface area contributed by atoms with Crippen molar-refractivity contribution in [2.24, 2.45) is 0 Å². The molecule has 2 nitrogen and oxygen atoms in total. The molecule has 0 amide bonds.